The van der Waals surface area contributed by atoms with Crippen LogP contribution < -0.4 is 4.90 Å². The Kier molecular flexibility index (Phi) is 6.89. The lowest BCUT2D eigenvalue weighted by Gasteiger charge is -2.50. The van der Waals surface area contributed by atoms with Gasteiger partial charge in [0.25, 0.3) is 0 Å². The molecule has 1 heteroatoms. The van der Waals surface area contributed by atoms with Gasteiger partial charge in [-0.25, -0.2) is 0 Å². The van der Waals surface area contributed by atoms with Crippen molar-refractivity contribution in [1.82, 2.24) is 0 Å². The molecule has 1 fully saturated rings. The van der Waals surface area contributed by atoms with E-state index >= 15 is 0 Å². The smallest absolute Gasteiger partial charge is 0.0713 e. The molecule has 1 nitrogen and oxygen atoms in total. The molecule has 1 saturated carbocycles. The third kappa shape index (κ3) is 4.25. The number of benzene rings is 6. The largest absolute Gasteiger partial charge is 0.334 e. The van der Waals surface area contributed by atoms with E-state index in [0.29, 0.717) is 0 Å². The molecule has 2 aliphatic carbocycles. The zero-order valence-corrected chi connectivity index (χ0v) is 30.1. The van der Waals surface area contributed by atoms with E-state index < -0.39 is 0 Å². The molecule has 6 aromatic rings. The summed E-state index contributed by atoms with van der Waals surface area (Å²) in [6.45, 7) is 12.0. The highest BCUT2D eigenvalue weighted by Gasteiger charge is 2.57. The molecule has 50 heavy (non-hydrogen) atoms. The molecule has 0 saturated heterocycles. The lowest BCUT2D eigenvalue weighted by Crippen LogP contribution is -2.54. The molecule has 0 spiro atoms. The van der Waals surface area contributed by atoms with Crippen LogP contribution in [0.25, 0.3) is 22.3 Å². The first-order valence-electron chi connectivity index (χ1n) is 18.6. The topological polar surface area (TPSA) is 3.24 Å². The van der Waals surface area contributed by atoms with Crippen LogP contribution in [0.15, 0.2) is 146 Å². The van der Waals surface area contributed by atoms with Crippen LogP contribution in [0.4, 0.5) is 11.4 Å². The number of anilines is 2. The van der Waals surface area contributed by atoms with Crippen molar-refractivity contribution in [3.8, 4) is 22.3 Å². The predicted molar refractivity (Wildman–Crippen MR) is 211 cm³/mol. The zero-order valence-electron chi connectivity index (χ0n) is 30.1. The lowest BCUT2D eigenvalue weighted by atomic mass is 9.61. The molecule has 0 bridgehead atoms. The zero-order chi connectivity index (χ0) is 34.3. The number of nitrogens with zero attached hydrogens (tertiary/aromatic N) is 1. The average Bonchev–Trinajstić information content (AvgIpc) is 3.55. The minimum absolute atomic E-state index is 0.0251. The predicted octanol–water partition coefficient (Wildman–Crippen LogP) is 12.8. The normalized spacial score (nSPS) is 21.7. The van der Waals surface area contributed by atoms with Gasteiger partial charge in [-0.15, -0.1) is 0 Å². The maximum absolute atomic E-state index is 2.70. The van der Waals surface area contributed by atoms with Crippen LogP contribution in [-0.2, 0) is 16.2 Å². The fraction of sp³-hybridized carbons (Fsp3) is 0.265. The summed E-state index contributed by atoms with van der Waals surface area (Å²) in [5.41, 5.74) is 16.0. The van der Waals surface area contributed by atoms with Crippen LogP contribution in [0.2, 0.25) is 0 Å². The van der Waals surface area contributed by atoms with Crippen LogP contribution in [0.5, 0.6) is 0 Å². The molecule has 2 atom stereocenters. The molecule has 0 amide bonds. The Bertz CT molecular complexity index is 2180. The first-order chi connectivity index (χ1) is 24.2. The minimum atomic E-state index is -0.370. The van der Waals surface area contributed by atoms with Crippen molar-refractivity contribution in [2.45, 2.75) is 82.1 Å². The highest BCUT2D eigenvalue weighted by atomic mass is 15.3. The fourth-order valence-corrected chi connectivity index (χ4v) is 10.1. The van der Waals surface area contributed by atoms with E-state index in [1.165, 1.54) is 92.7 Å². The van der Waals surface area contributed by atoms with Crippen molar-refractivity contribution >= 4 is 11.4 Å². The number of hydrogen-bond acceptors (Lipinski definition) is 1. The Morgan fingerprint density at radius 2 is 1.10 bits per heavy atom. The van der Waals surface area contributed by atoms with E-state index in [2.05, 4.69) is 185 Å². The third-order valence-corrected chi connectivity index (χ3v) is 12.9. The van der Waals surface area contributed by atoms with Crippen LogP contribution in [0.1, 0.15) is 93.7 Å². The van der Waals surface area contributed by atoms with Crippen molar-refractivity contribution in [3.63, 3.8) is 0 Å². The van der Waals surface area contributed by atoms with Crippen molar-refractivity contribution in [1.29, 1.82) is 0 Å². The van der Waals surface area contributed by atoms with Gasteiger partial charge in [-0.2, -0.15) is 0 Å². The maximum Gasteiger partial charge on any atom is 0.0713 e. The molecule has 2 unspecified atom stereocenters. The summed E-state index contributed by atoms with van der Waals surface area (Å²) in [6, 6.07) is 55.3. The second-order valence-corrected chi connectivity index (χ2v) is 16.5. The van der Waals surface area contributed by atoms with Crippen LogP contribution in [0, 0.1) is 0 Å². The first kappa shape index (κ1) is 31.1. The molecule has 0 radical (unpaired) electrons. The molecule has 0 N–H and O–H groups in total. The fourth-order valence-electron chi connectivity index (χ4n) is 10.1. The quantitative estimate of drug-likeness (QED) is 0.183. The number of fused-ring (bicyclic) bond motifs is 6. The number of rotatable bonds is 4. The van der Waals surface area contributed by atoms with E-state index in [1.54, 1.807) is 0 Å². The van der Waals surface area contributed by atoms with Crippen LogP contribution >= 0.6 is 0 Å². The van der Waals surface area contributed by atoms with E-state index in [0.717, 1.165) is 0 Å². The van der Waals surface area contributed by atoms with Gasteiger partial charge in [0, 0.05) is 16.8 Å². The molecule has 3 aliphatic rings. The summed E-state index contributed by atoms with van der Waals surface area (Å²) in [5, 5.41) is 0. The molecular formula is C49H47N. The Hall–Kier alpha value is -4.88. The molecule has 6 aromatic carbocycles. The Labute approximate surface area is 298 Å². The highest BCUT2D eigenvalue weighted by Crippen LogP contribution is 2.62. The second kappa shape index (κ2) is 11.1. The van der Waals surface area contributed by atoms with Crippen molar-refractivity contribution < 1.29 is 0 Å². The van der Waals surface area contributed by atoms with Gasteiger partial charge >= 0.3 is 0 Å². The maximum atomic E-state index is 2.70. The third-order valence-electron chi connectivity index (χ3n) is 12.9. The Morgan fingerprint density at radius 1 is 0.520 bits per heavy atom. The van der Waals surface area contributed by atoms with Gasteiger partial charge in [0.1, 0.15) is 0 Å². The van der Waals surface area contributed by atoms with Gasteiger partial charge in [-0.3, -0.25) is 0 Å². The van der Waals surface area contributed by atoms with Gasteiger partial charge in [0.2, 0.25) is 0 Å². The van der Waals surface area contributed by atoms with Gasteiger partial charge in [-0.05, 0) is 111 Å². The van der Waals surface area contributed by atoms with Crippen molar-refractivity contribution in [2.75, 3.05) is 4.90 Å². The Morgan fingerprint density at radius 3 is 1.78 bits per heavy atom. The SMILES string of the molecule is CC(C)(C)c1ccc(N2c3ccc(-c4ccc5c(c4)-c4ccccc4C5(c4ccccc4)c4ccccc4)cc3C3(C)CCCCC23C)cc1. The molecule has 1 heterocycles. The van der Waals surface area contributed by atoms with E-state index in [-0.39, 0.29) is 21.8 Å². The molecule has 9 rings (SSSR count). The summed E-state index contributed by atoms with van der Waals surface area (Å²) < 4.78 is 0. The summed E-state index contributed by atoms with van der Waals surface area (Å²) in [5.74, 6) is 0. The van der Waals surface area contributed by atoms with E-state index in [9.17, 15) is 0 Å². The average molecular weight is 650 g/mol. The Balaban J connectivity index is 1.21. The first-order valence-corrected chi connectivity index (χ1v) is 18.6. The lowest BCUT2D eigenvalue weighted by molar-refractivity contribution is 0.195. The molecule has 1 aliphatic heterocycles. The summed E-state index contributed by atoms with van der Waals surface area (Å²) in [7, 11) is 0. The molecule has 248 valence electrons. The standard InChI is InChI=1S/C49H47N/c1-46(2,3)36-24-26-39(27-25-36)50-45-29-23-35(33-44(45)47(4)30-14-15-31-48(47,50)5)34-22-28-43-41(32-34)40-20-12-13-21-42(40)49(43,37-16-8-6-9-17-37)38-18-10-7-11-19-38/h6-13,16-29,32-33H,14-15,30-31H2,1-5H3. The monoisotopic (exact) mass is 649 g/mol. The van der Waals surface area contributed by atoms with Crippen molar-refractivity contribution in [3.05, 3.63) is 179 Å². The van der Waals surface area contributed by atoms with E-state index in [4.69, 9.17) is 0 Å². The number of hydrogen-bond donors (Lipinski definition) is 0. The van der Waals surface area contributed by atoms with E-state index in [1.807, 2.05) is 0 Å². The van der Waals surface area contributed by atoms with Gasteiger partial charge in [-0.1, -0.05) is 156 Å². The van der Waals surface area contributed by atoms with Gasteiger partial charge in [0.15, 0.2) is 0 Å². The molecular weight excluding hydrogens is 603 g/mol. The second-order valence-electron chi connectivity index (χ2n) is 16.5. The van der Waals surface area contributed by atoms with Crippen molar-refractivity contribution in [2.24, 2.45) is 0 Å². The summed E-state index contributed by atoms with van der Waals surface area (Å²) in [6.07, 6.45) is 4.97. The highest BCUT2D eigenvalue weighted by molar-refractivity contribution is 5.89. The van der Waals surface area contributed by atoms with Crippen LogP contribution in [-0.4, -0.2) is 5.54 Å². The van der Waals surface area contributed by atoms with Gasteiger partial charge in [0.05, 0.1) is 11.0 Å². The molecule has 0 aromatic heterocycles. The van der Waals surface area contributed by atoms with Crippen LogP contribution in [0.3, 0.4) is 0 Å². The summed E-state index contributed by atoms with van der Waals surface area (Å²) >= 11 is 0. The summed E-state index contributed by atoms with van der Waals surface area (Å²) in [4.78, 5) is 2.70. The minimum Gasteiger partial charge on any atom is -0.334 e. The van der Waals surface area contributed by atoms with Gasteiger partial charge < -0.3 is 4.90 Å².